The Labute approximate surface area is 90.1 Å². The molecule has 1 aliphatic carbocycles. The molecule has 0 aliphatic heterocycles. The Bertz CT molecular complexity index is 219. The van der Waals surface area contributed by atoms with E-state index in [1.54, 1.807) is 0 Å². The topological polar surface area (TPSA) is 38.3 Å². The summed E-state index contributed by atoms with van der Waals surface area (Å²) in [6, 6.07) is 0. The van der Waals surface area contributed by atoms with Crippen molar-refractivity contribution in [3.63, 3.8) is 0 Å². The summed E-state index contributed by atoms with van der Waals surface area (Å²) >= 11 is 6.15. The molecule has 1 rings (SSSR count). The molecule has 3 nitrogen and oxygen atoms in total. The van der Waals surface area contributed by atoms with Crippen LogP contribution in [0.1, 0.15) is 40.0 Å². The number of ether oxygens (including phenoxy) is 1. The maximum atomic E-state index is 11.3. The van der Waals surface area contributed by atoms with Crippen LogP contribution in [0.25, 0.3) is 0 Å². The van der Waals surface area contributed by atoms with Gasteiger partial charge in [-0.3, -0.25) is 0 Å². The number of amides is 1. The van der Waals surface area contributed by atoms with Crippen LogP contribution in [-0.4, -0.2) is 23.1 Å². The van der Waals surface area contributed by atoms with Gasteiger partial charge < -0.3 is 10.1 Å². The van der Waals surface area contributed by atoms with E-state index in [-0.39, 0.29) is 11.0 Å². The summed E-state index contributed by atoms with van der Waals surface area (Å²) < 4.78 is 5.09. The van der Waals surface area contributed by atoms with Crippen LogP contribution in [0.15, 0.2) is 0 Å². The molecule has 82 valence electrons. The molecule has 1 amide bonds. The van der Waals surface area contributed by atoms with Crippen LogP contribution in [0.3, 0.4) is 0 Å². The van der Waals surface area contributed by atoms with Gasteiger partial charge in [0.15, 0.2) is 0 Å². The second-order valence-electron chi connectivity index (χ2n) is 4.86. The summed E-state index contributed by atoms with van der Waals surface area (Å²) in [6.07, 6.45) is 2.72. The molecule has 14 heavy (non-hydrogen) atoms. The van der Waals surface area contributed by atoms with E-state index in [1.165, 1.54) is 0 Å². The Hall–Kier alpha value is -0.440. The number of hydrogen-bond acceptors (Lipinski definition) is 2. The first-order chi connectivity index (χ1) is 6.31. The summed E-state index contributed by atoms with van der Waals surface area (Å²) in [5.41, 5.74) is -0.441. The SMILES string of the molecule is CC(C)(C)OC(=O)NCC1(Cl)CCC1. The van der Waals surface area contributed by atoms with Crippen molar-refractivity contribution in [1.29, 1.82) is 0 Å². The molecule has 0 aromatic heterocycles. The van der Waals surface area contributed by atoms with E-state index in [0.717, 1.165) is 19.3 Å². The molecule has 0 unspecified atom stereocenters. The zero-order valence-electron chi connectivity index (χ0n) is 9.02. The summed E-state index contributed by atoms with van der Waals surface area (Å²) in [6.45, 7) is 6.02. The maximum Gasteiger partial charge on any atom is 0.407 e. The average Bonchev–Trinajstić information content (AvgIpc) is 1.94. The molecular weight excluding hydrogens is 202 g/mol. The Morgan fingerprint density at radius 1 is 1.50 bits per heavy atom. The molecule has 1 saturated carbocycles. The van der Waals surface area contributed by atoms with Crippen molar-refractivity contribution in [2.45, 2.75) is 50.5 Å². The van der Waals surface area contributed by atoms with Gasteiger partial charge in [-0.05, 0) is 40.0 Å². The fourth-order valence-electron chi connectivity index (χ4n) is 1.28. The van der Waals surface area contributed by atoms with Crippen LogP contribution in [0.2, 0.25) is 0 Å². The van der Waals surface area contributed by atoms with Gasteiger partial charge in [-0.2, -0.15) is 0 Å². The highest BCUT2D eigenvalue weighted by Crippen LogP contribution is 2.37. The maximum absolute atomic E-state index is 11.3. The summed E-state index contributed by atoms with van der Waals surface area (Å²) in [7, 11) is 0. The quantitative estimate of drug-likeness (QED) is 0.726. The molecule has 1 aliphatic rings. The summed E-state index contributed by atoms with van der Waals surface area (Å²) in [4.78, 5) is 11.0. The largest absolute Gasteiger partial charge is 0.444 e. The lowest BCUT2D eigenvalue weighted by atomic mass is 9.84. The van der Waals surface area contributed by atoms with Gasteiger partial charge in [-0.15, -0.1) is 11.6 Å². The normalized spacial score (nSPS) is 19.7. The van der Waals surface area contributed by atoms with Gasteiger partial charge in [-0.1, -0.05) is 0 Å². The Kier molecular flexibility index (Phi) is 3.30. The van der Waals surface area contributed by atoms with Gasteiger partial charge >= 0.3 is 6.09 Å². The Morgan fingerprint density at radius 2 is 2.07 bits per heavy atom. The second-order valence-corrected chi connectivity index (χ2v) is 5.66. The number of carbonyl (C=O) groups is 1. The lowest BCUT2D eigenvalue weighted by Crippen LogP contribution is -2.45. The molecule has 0 aromatic carbocycles. The zero-order chi connectivity index (χ0) is 10.8. The van der Waals surface area contributed by atoms with Crippen LogP contribution in [0.5, 0.6) is 0 Å². The van der Waals surface area contributed by atoms with Crippen molar-refractivity contribution < 1.29 is 9.53 Å². The van der Waals surface area contributed by atoms with E-state index in [1.807, 2.05) is 20.8 Å². The van der Waals surface area contributed by atoms with Crippen molar-refractivity contribution in [3.05, 3.63) is 0 Å². The highest BCUT2D eigenvalue weighted by atomic mass is 35.5. The highest BCUT2D eigenvalue weighted by molar-refractivity contribution is 6.24. The van der Waals surface area contributed by atoms with Gasteiger partial charge in [0.25, 0.3) is 0 Å². The van der Waals surface area contributed by atoms with Gasteiger partial charge in [0, 0.05) is 6.54 Å². The average molecular weight is 220 g/mol. The molecule has 0 spiro atoms. The minimum atomic E-state index is -0.441. The Morgan fingerprint density at radius 3 is 2.43 bits per heavy atom. The molecular formula is C10H18ClNO2. The number of alkyl carbamates (subject to hydrolysis) is 1. The molecule has 0 bridgehead atoms. The molecule has 0 atom stereocenters. The van der Waals surface area contributed by atoms with Crippen molar-refractivity contribution in [3.8, 4) is 0 Å². The van der Waals surface area contributed by atoms with Crippen molar-refractivity contribution >= 4 is 17.7 Å². The standard InChI is InChI=1S/C10H18ClNO2/c1-9(2,3)14-8(13)12-7-10(11)5-4-6-10/h4-7H2,1-3H3,(H,12,13). The Balaban J connectivity index is 2.21. The molecule has 0 aromatic rings. The van der Waals surface area contributed by atoms with Crippen LogP contribution >= 0.6 is 11.6 Å². The number of rotatable bonds is 2. The summed E-state index contributed by atoms with van der Waals surface area (Å²) in [5, 5.41) is 2.69. The van der Waals surface area contributed by atoms with Crippen LogP contribution in [0.4, 0.5) is 4.79 Å². The van der Waals surface area contributed by atoms with E-state index in [0.29, 0.717) is 6.54 Å². The number of halogens is 1. The number of alkyl halides is 1. The number of carbonyl (C=O) groups excluding carboxylic acids is 1. The second kappa shape index (κ2) is 3.97. The monoisotopic (exact) mass is 219 g/mol. The van der Waals surface area contributed by atoms with E-state index in [2.05, 4.69) is 5.32 Å². The van der Waals surface area contributed by atoms with Crippen molar-refractivity contribution in [2.24, 2.45) is 0 Å². The van der Waals surface area contributed by atoms with E-state index >= 15 is 0 Å². The van der Waals surface area contributed by atoms with Crippen LogP contribution in [-0.2, 0) is 4.74 Å². The zero-order valence-corrected chi connectivity index (χ0v) is 9.78. The number of nitrogens with one attached hydrogen (secondary N) is 1. The fourth-order valence-corrected chi connectivity index (χ4v) is 1.62. The minimum Gasteiger partial charge on any atom is -0.444 e. The van der Waals surface area contributed by atoms with Gasteiger partial charge in [-0.25, -0.2) is 4.79 Å². The van der Waals surface area contributed by atoms with Gasteiger partial charge in [0.1, 0.15) is 5.60 Å². The smallest absolute Gasteiger partial charge is 0.407 e. The molecule has 0 radical (unpaired) electrons. The number of hydrogen-bond donors (Lipinski definition) is 1. The first-order valence-corrected chi connectivity index (χ1v) is 5.34. The van der Waals surface area contributed by atoms with E-state index in [4.69, 9.17) is 16.3 Å². The fraction of sp³-hybridized carbons (Fsp3) is 0.900. The third-order valence-corrected chi connectivity index (χ3v) is 2.71. The van der Waals surface area contributed by atoms with Crippen LogP contribution in [0, 0.1) is 0 Å². The van der Waals surface area contributed by atoms with Gasteiger partial charge in [0.05, 0.1) is 4.87 Å². The van der Waals surface area contributed by atoms with Crippen molar-refractivity contribution in [2.75, 3.05) is 6.54 Å². The highest BCUT2D eigenvalue weighted by Gasteiger charge is 2.35. The third-order valence-electron chi connectivity index (χ3n) is 2.20. The molecule has 1 fully saturated rings. The predicted molar refractivity (Wildman–Crippen MR) is 56.7 cm³/mol. The van der Waals surface area contributed by atoms with Crippen molar-refractivity contribution in [1.82, 2.24) is 5.32 Å². The summed E-state index contributed by atoms with van der Waals surface area (Å²) in [5.74, 6) is 0. The predicted octanol–water partition coefficient (Wildman–Crippen LogP) is 2.67. The van der Waals surface area contributed by atoms with Gasteiger partial charge in [0.2, 0.25) is 0 Å². The lowest BCUT2D eigenvalue weighted by Gasteiger charge is -2.35. The molecule has 4 heteroatoms. The van der Waals surface area contributed by atoms with E-state index in [9.17, 15) is 4.79 Å². The first-order valence-electron chi connectivity index (χ1n) is 4.97. The lowest BCUT2D eigenvalue weighted by molar-refractivity contribution is 0.0515. The molecule has 1 N–H and O–H groups in total. The third kappa shape index (κ3) is 3.74. The molecule has 0 heterocycles. The molecule has 0 saturated heterocycles. The van der Waals surface area contributed by atoms with E-state index < -0.39 is 5.60 Å². The minimum absolute atomic E-state index is 0.211. The first kappa shape index (κ1) is 11.6. The van der Waals surface area contributed by atoms with Crippen LogP contribution < -0.4 is 5.32 Å².